The van der Waals surface area contributed by atoms with Crippen molar-refractivity contribution in [2.24, 2.45) is 11.8 Å². The summed E-state index contributed by atoms with van der Waals surface area (Å²) in [7, 11) is 0. The Balaban J connectivity index is 1.98. The van der Waals surface area contributed by atoms with Crippen molar-refractivity contribution in [3.8, 4) is 0 Å². The number of nitrogens with one attached hydrogen (secondary N) is 1. The molecule has 0 bridgehead atoms. The van der Waals surface area contributed by atoms with Gasteiger partial charge in [0.2, 0.25) is 0 Å². The lowest BCUT2D eigenvalue weighted by atomic mass is 9.76. The van der Waals surface area contributed by atoms with E-state index in [9.17, 15) is 0 Å². The first-order chi connectivity index (χ1) is 10.0. The zero-order valence-corrected chi connectivity index (χ0v) is 14.4. The van der Waals surface area contributed by atoms with Crippen LogP contribution in [-0.2, 0) is 11.8 Å². The number of rotatable bonds is 5. The molecule has 2 rings (SSSR count). The smallest absolute Gasteiger partial charge is 0.00179 e. The van der Waals surface area contributed by atoms with Gasteiger partial charge in [-0.1, -0.05) is 64.8 Å². The lowest BCUT2D eigenvalue weighted by molar-refractivity contribution is 0.229. The third-order valence-corrected chi connectivity index (χ3v) is 5.04. The fraction of sp³-hybridized carbons (Fsp3) is 0.700. The van der Waals surface area contributed by atoms with Crippen LogP contribution < -0.4 is 5.32 Å². The van der Waals surface area contributed by atoms with E-state index < -0.39 is 0 Å². The Hall–Kier alpha value is -0.820. The molecule has 0 aromatic heterocycles. The summed E-state index contributed by atoms with van der Waals surface area (Å²) in [6, 6.07) is 9.38. The van der Waals surface area contributed by atoms with Gasteiger partial charge in [0, 0.05) is 0 Å². The highest BCUT2D eigenvalue weighted by Crippen LogP contribution is 2.32. The molecule has 2 atom stereocenters. The van der Waals surface area contributed by atoms with Crippen molar-refractivity contribution in [3.63, 3.8) is 0 Å². The van der Waals surface area contributed by atoms with E-state index >= 15 is 0 Å². The third-order valence-electron chi connectivity index (χ3n) is 5.04. The van der Waals surface area contributed by atoms with Gasteiger partial charge >= 0.3 is 0 Å². The second-order valence-electron chi connectivity index (χ2n) is 7.76. The molecule has 0 amide bonds. The lowest BCUT2D eigenvalue weighted by Crippen LogP contribution is -2.31. The van der Waals surface area contributed by atoms with Crippen LogP contribution in [0.3, 0.4) is 0 Å². The van der Waals surface area contributed by atoms with Crippen molar-refractivity contribution in [2.75, 3.05) is 13.1 Å². The van der Waals surface area contributed by atoms with Crippen LogP contribution in [0, 0.1) is 11.8 Å². The maximum atomic E-state index is 3.56. The molecule has 0 heterocycles. The highest BCUT2D eigenvalue weighted by Gasteiger charge is 2.24. The molecule has 1 nitrogen and oxygen atoms in total. The molecule has 1 aromatic carbocycles. The van der Waals surface area contributed by atoms with Gasteiger partial charge in [0.15, 0.2) is 0 Å². The van der Waals surface area contributed by atoms with E-state index in [2.05, 4.69) is 57.3 Å². The van der Waals surface area contributed by atoms with Gasteiger partial charge in [-0.05, 0) is 60.7 Å². The van der Waals surface area contributed by atoms with Crippen LogP contribution in [0.15, 0.2) is 24.3 Å². The van der Waals surface area contributed by atoms with E-state index in [4.69, 9.17) is 0 Å². The molecule has 2 unspecified atom stereocenters. The standard InChI is InChI=1S/C20H33N/c1-5-21-15-18-9-7-6-8-17(18)14-16-10-12-19(13-11-16)20(2,3)4/h10-13,17-18,21H,5-9,14-15H2,1-4H3. The van der Waals surface area contributed by atoms with Crippen LogP contribution in [0.2, 0.25) is 0 Å². The molecule has 0 saturated heterocycles. The first kappa shape index (κ1) is 16.5. The second-order valence-corrected chi connectivity index (χ2v) is 7.76. The third kappa shape index (κ3) is 4.85. The topological polar surface area (TPSA) is 12.0 Å². The van der Waals surface area contributed by atoms with E-state index in [1.54, 1.807) is 0 Å². The average molecular weight is 287 g/mol. The summed E-state index contributed by atoms with van der Waals surface area (Å²) in [4.78, 5) is 0. The molecule has 21 heavy (non-hydrogen) atoms. The monoisotopic (exact) mass is 287 g/mol. The lowest BCUT2D eigenvalue weighted by Gasteiger charge is -2.32. The van der Waals surface area contributed by atoms with Gasteiger partial charge in [-0.3, -0.25) is 0 Å². The van der Waals surface area contributed by atoms with E-state index in [1.807, 2.05) is 0 Å². The van der Waals surface area contributed by atoms with Crippen molar-refractivity contribution in [1.29, 1.82) is 0 Å². The van der Waals surface area contributed by atoms with Crippen molar-refractivity contribution < 1.29 is 0 Å². The Morgan fingerprint density at radius 2 is 1.62 bits per heavy atom. The summed E-state index contributed by atoms with van der Waals surface area (Å²) < 4.78 is 0. The zero-order chi connectivity index (χ0) is 15.3. The first-order valence-corrected chi connectivity index (χ1v) is 8.81. The highest BCUT2D eigenvalue weighted by molar-refractivity contribution is 5.27. The Labute approximate surface area is 131 Å². The number of hydrogen-bond acceptors (Lipinski definition) is 1. The Bertz CT molecular complexity index is 412. The molecule has 118 valence electrons. The summed E-state index contributed by atoms with van der Waals surface area (Å²) in [6.45, 7) is 11.4. The minimum absolute atomic E-state index is 0.261. The first-order valence-electron chi connectivity index (χ1n) is 8.81. The highest BCUT2D eigenvalue weighted by atomic mass is 14.8. The largest absolute Gasteiger partial charge is 0.317 e. The molecule has 1 heteroatoms. The molecule has 1 fully saturated rings. The predicted octanol–water partition coefficient (Wildman–Crippen LogP) is 4.94. The molecule has 0 aliphatic heterocycles. The Kier molecular flexibility index (Phi) is 5.87. The second kappa shape index (κ2) is 7.45. The van der Waals surface area contributed by atoms with Gasteiger partial charge in [-0.2, -0.15) is 0 Å². The van der Waals surface area contributed by atoms with Crippen molar-refractivity contribution in [3.05, 3.63) is 35.4 Å². The van der Waals surface area contributed by atoms with Gasteiger partial charge in [-0.15, -0.1) is 0 Å². The minimum atomic E-state index is 0.261. The van der Waals surface area contributed by atoms with E-state index in [0.29, 0.717) is 0 Å². The quantitative estimate of drug-likeness (QED) is 0.808. The van der Waals surface area contributed by atoms with Crippen LogP contribution in [0.1, 0.15) is 64.5 Å². The van der Waals surface area contributed by atoms with Gasteiger partial charge in [-0.25, -0.2) is 0 Å². The van der Waals surface area contributed by atoms with Crippen LogP contribution in [0.4, 0.5) is 0 Å². The Morgan fingerprint density at radius 3 is 2.19 bits per heavy atom. The molecule has 1 aromatic rings. The van der Waals surface area contributed by atoms with Crippen LogP contribution in [0.5, 0.6) is 0 Å². The van der Waals surface area contributed by atoms with Gasteiger partial charge in [0.25, 0.3) is 0 Å². The molecule has 0 radical (unpaired) electrons. The van der Waals surface area contributed by atoms with Crippen molar-refractivity contribution >= 4 is 0 Å². The van der Waals surface area contributed by atoms with Crippen LogP contribution in [0.25, 0.3) is 0 Å². The summed E-state index contributed by atoms with van der Waals surface area (Å²) in [5, 5.41) is 3.56. The van der Waals surface area contributed by atoms with E-state index in [-0.39, 0.29) is 5.41 Å². The summed E-state index contributed by atoms with van der Waals surface area (Å²) in [6.07, 6.45) is 6.94. The fourth-order valence-electron chi connectivity index (χ4n) is 3.60. The van der Waals surface area contributed by atoms with E-state index in [1.165, 1.54) is 49.8 Å². The molecule has 1 saturated carbocycles. The summed E-state index contributed by atoms with van der Waals surface area (Å²) >= 11 is 0. The van der Waals surface area contributed by atoms with Crippen LogP contribution in [-0.4, -0.2) is 13.1 Å². The summed E-state index contributed by atoms with van der Waals surface area (Å²) in [5.41, 5.74) is 3.23. The van der Waals surface area contributed by atoms with Crippen molar-refractivity contribution in [2.45, 2.75) is 65.2 Å². The molecular weight excluding hydrogens is 254 g/mol. The molecular formula is C20H33N. The van der Waals surface area contributed by atoms with Crippen LogP contribution >= 0.6 is 0 Å². The molecule has 1 aliphatic rings. The minimum Gasteiger partial charge on any atom is -0.317 e. The van der Waals surface area contributed by atoms with Gasteiger partial charge in [0.05, 0.1) is 0 Å². The number of hydrogen-bond donors (Lipinski definition) is 1. The molecule has 1 aliphatic carbocycles. The number of benzene rings is 1. The Morgan fingerprint density at radius 1 is 1.00 bits per heavy atom. The maximum Gasteiger partial charge on any atom is -0.00179 e. The normalized spacial score (nSPS) is 23.2. The average Bonchev–Trinajstić information content (AvgIpc) is 2.46. The predicted molar refractivity (Wildman–Crippen MR) is 92.8 cm³/mol. The molecule has 1 N–H and O–H groups in total. The van der Waals surface area contributed by atoms with Crippen molar-refractivity contribution in [1.82, 2.24) is 5.32 Å². The SMILES string of the molecule is CCNCC1CCCCC1Cc1ccc(C(C)(C)C)cc1. The molecule has 0 spiro atoms. The fourth-order valence-corrected chi connectivity index (χ4v) is 3.60. The maximum absolute atomic E-state index is 3.56. The van der Waals surface area contributed by atoms with Gasteiger partial charge in [0.1, 0.15) is 0 Å². The van der Waals surface area contributed by atoms with Gasteiger partial charge < -0.3 is 5.32 Å². The van der Waals surface area contributed by atoms with E-state index in [0.717, 1.165) is 18.4 Å². The summed E-state index contributed by atoms with van der Waals surface area (Å²) in [5.74, 6) is 1.75. The zero-order valence-electron chi connectivity index (χ0n) is 14.4.